The summed E-state index contributed by atoms with van der Waals surface area (Å²) in [6.45, 7) is 2.35. The Hall–Kier alpha value is -0.610. The molecule has 2 aliphatic heterocycles. The van der Waals surface area contributed by atoms with Gasteiger partial charge in [-0.1, -0.05) is 12.8 Å². The quantitative estimate of drug-likeness (QED) is 0.711. The fourth-order valence-electron chi connectivity index (χ4n) is 2.25. The average molecular weight is 199 g/mol. The van der Waals surface area contributed by atoms with E-state index in [1.807, 2.05) is 0 Å². The van der Waals surface area contributed by atoms with Crippen LogP contribution in [-0.2, 0) is 9.53 Å². The molecule has 4 heteroatoms. The monoisotopic (exact) mass is 199 g/mol. The molecule has 0 aromatic heterocycles. The summed E-state index contributed by atoms with van der Waals surface area (Å²) >= 11 is 0. The third-order valence-corrected chi connectivity index (χ3v) is 3.17. The van der Waals surface area contributed by atoms with E-state index in [4.69, 9.17) is 9.84 Å². The van der Waals surface area contributed by atoms with Crippen LogP contribution in [0.5, 0.6) is 0 Å². The number of hydrogen-bond donors (Lipinski definition) is 1. The van der Waals surface area contributed by atoms with Crippen LogP contribution in [0.4, 0.5) is 0 Å². The van der Waals surface area contributed by atoms with Crippen molar-refractivity contribution in [2.75, 3.05) is 19.8 Å². The molecule has 0 aromatic rings. The number of carbonyl (C=O) groups is 1. The minimum Gasteiger partial charge on any atom is -0.480 e. The van der Waals surface area contributed by atoms with Crippen molar-refractivity contribution in [1.29, 1.82) is 0 Å². The van der Waals surface area contributed by atoms with Crippen molar-refractivity contribution in [1.82, 2.24) is 4.90 Å². The Bertz CT molecular complexity index is 215. The maximum atomic E-state index is 11.1. The van der Waals surface area contributed by atoms with Crippen molar-refractivity contribution in [3.05, 3.63) is 0 Å². The van der Waals surface area contributed by atoms with Gasteiger partial charge in [0.05, 0.1) is 19.3 Å². The lowest BCUT2D eigenvalue weighted by Gasteiger charge is -2.39. The predicted octanol–water partition coefficient (Wildman–Crippen LogP) is 0.714. The highest BCUT2D eigenvalue weighted by Gasteiger charge is 2.35. The summed E-state index contributed by atoms with van der Waals surface area (Å²) in [6, 6.07) is 0.0839. The van der Waals surface area contributed by atoms with Gasteiger partial charge in [-0.25, -0.2) is 0 Å². The number of hydrogen-bond acceptors (Lipinski definition) is 3. The molecule has 2 saturated heterocycles. The molecule has 80 valence electrons. The van der Waals surface area contributed by atoms with Crippen LogP contribution in [0.15, 0.2) is 0 Å². The van der Waals surface area contributed by atoms with Gasteiger partial charge in [-0.05, 0) is 19.4 Å². The largest absolute Gasteiger partial charge is 0.480 e. The summed E-state index contributed by atoms with van der Waals surface area (Å²) < 4.78 is 5.12. The molecule has 0 bridgehead atoms. The minimum absolute atomic E-state index is 0.272. The highest BCUT2D eigenvalue weighted by Crippen LogP contribution is 2.22. The van der Waals surface area contributed by atoms with Crippen LogP contribution >= 0.6 is 0 Å². The Kier molecular flexibility index (Phi) is 3.03. The molecular formula is C10H17NO3. The molecular weight excluding hydrogens is 182 g/mol. The molecule has 1 N–H and O–H groups in total. The van der Waals surface area contributed by atoms with E-state index >= 15 is 0 Å². The first-order chi connectivity index (χ1) is 6.79. The van der Waals surface area contributed by atoms with Gasteiger partial charge in [-0.3, -0.25) is 9.69 Å². The maximum absolute atomic E-state index is 11.1. The van der Waals surface area contributed by atoms with Gasteiger partial charge in [-0.15, -0.1) is 0 Å². The topological polar surface area (TPSA) is 49.8 Å². The molecule has 0 saturated carbocycles. The fraction of sp³-hybridized carbons (Fsp3) is 0.900. The summed E-state index contributed by atoms with van der Waals surface area (Å²) in [5.74, 6) is -0.668. The van der Waals surface area contributed by atoms with E-state index in [2.05, 4.69) is 4.90 Å². The summed E-state index contributed by atoms with van der Waals surface area (Å²) in [6.07, 6.45) is 4.13. The second-order valence-corrected chi connectivity index (χ2v) is 4.13. The molecule has 2 fully saturated rings. The summed E-state index contributed by atoms with van der Waals surface area (Å²) in [5, 5.41) is 9.12. The number of ether oxygens (including phenoxy) is 1. The lowest BCUT2D eigenvalue weighted by atomic mass is 10.1. The van der Waals surface area contributed by atoms with Gasteiger partial charge >= 0.3 is 5.97 Å². The minimum atomic E-state index is -0.668. The first kappa shape index (κ1) is 9.93. The van der Waals surface area contributed by atoms with Crippen molar-refractivity contribution in [3.63, 3.8) is 0 Å². The first-order valence-corrected chi connectivity index (χ1v) is 5.35. The van der Waals surface area contributed by atoms with E-state index in [0.29, 0.717) is 19.3 Å². The molecule has 0 aliphatic carbocycles. The molecule has 0 spiro atoms. The van der Waals surface area contributed by atoms with E-state index < -0.39 is 5.97 Å². The van der Waals surface area contributed by atoms with E-state index in [0.717, 1.165) is 32.2 Å². The van der Waals surface area contributed by atoms with Crippen molar-refractivity contribution >= 4 is 5.97 Å². The SMILES string of the molecule is O=C(O)C1CCCCCN1C1COC1. The lowest BCUT2D eigenvalue weighted by molar-refractivity contribution is -0.150. The molecule has 0 aromatic carbocycles. The molecule has 4 nitrogen and oxygen atoms in total. The average Bonchev–Trinajstić information content (AvgIpc) is 2.26. The maximum Gasteiger partial charge on any atom is 0.320 e. The Morgan fingerprint density at radius 2 is 2.07 bits per heavy atom. The number of nitrogens with zero attached hydrogens (tertiary/aromatic N) is 1. The fourth-order valence-corrected chi connectivity index (χ4v) is 2.25. The van der Waals surface area contributed by atoms with Gasteiger partial charge in [0.15, 0.2) is 0 Å². The second-order valence-electron chi connectivity index (χ2n) is 4.13. The van der Waals surface area contributed by atoms with Gasteiger partial charge < -0.3 is 9.84 Å². The van der Waals surface area contributed by atoms with Crippen molar-refractivity contribution in [2.24, 2.45) is 0 Å². The first-order valence-electron chi connectivity index (χ1n) is 5.35. The Morgan fingerprint density at radius 3 is 2.64 bits per heavy atom. The van der Waals surface area contributed by atoms with E-state index in [1.54, 1.807) is 0 Å². The number of carboxylic acids is 1. The zero-order valence-electron chi connectivity index (χ0n) is 8.32. The second kappa shape index (κ2) is 4.28. The predicted molar refractivity (Wildman–Crippen MR) is 51.2 cm³/mol. The highest BCUT2D eigenvalue weighted by atomic mass is 16.5. The van der Waals surface area contributed by atoms with Gasteiger partial charge in [0.1, 0.15) is 6.04 Å². The van der Waals surface area contributed by atoms with Crippen LogP contribution in [0.25, 0.3) is 0 Å². The van der Waals surface area contributed by atoms with Crippen molar-refractivity contribution in [2.45, 2.75) is 37.8 Å². The Balaban J connectivity index is 2.02. The molecule has 2 heterocycles. The van der Waals surface area contributed by atoms with Gasteiger partial charge in [-0.2, -0.15) is 0 Å². The van der Waals surface area contributed by atoms with Crippen LogP contribution in [-0.4, -0.2) is 47.8 Å². The summed E-state index contributed by atoms with van der Waals surface area (Å²) in [5.41, 5.74) is 0. The highest BCUT2D eigenvalue weighted by molar-refractivity contribution is 5.73. The van der Waals surface area contributed by atoms with E-state index in [9.17, 15) is 4.79 Å². The van der Waals surface area contributed by atoms with Crippen LogP contribution in [0.3, 0.4) is 0 Å². The number of carboxylic acid groups (broad SMARTS) is 1. The number of likely N-dealkylation sites (tertiary alicyclic amines) is 1. The molecule has 14 heavy (non-hydrogen) atoms. The van der Waals surface area contributed by atoms with Crippen molar-refractivity contribution in [3.8, 4) is 0 Å². The molecule has 2 rings (SSSR count). The molecule has 1 atom stereocenters. The molecule has 2 aliphatic rings. The molecule has 0 amide bonds. The third kappa shape index (κ3) is 1.91. The van der Waals surface area contributed by atoms with Gasteiger partial charge in [0, 0.05) is 0 Å². The van der Waals surface area contributed by atoms with Gasteiger partial charge in [0.25, 0.3) is 0 Å². The van der Waals surface area contributed by atoms with E-state index in [-0.39, 0.29) is 6.04 Å². The van der Waals surface area contributed by atoms with Crippen LogP contribution in [0.2, 0.25) is 0 Å². The lowest BCUT2D eigenvalue weighted by Crippen LogP contribution is -2.55. The third-order valence-electron chi connectivity index (χ3n) is 3.17. The molecule has 0 radical (unpaired) electrons. The van der Waals surface area contributed by atoms with E-state index in [1.165, 1.54) is 0 Å². The zero-order chi connectivity index (χ0) is 9.97. The van der Waals surface area contributed by atoms with Gasteiger partial charge in [0.2, 0.25) is 0 Å². The smallest absolute Gasteiger partial charge is 0.320 e. The van der Waals surface area contributed by atoms with Crippen LogP contribution in [0.1, 0.15) is 25.7 Å². The number of aliphatic carboxylic acids is 1. The van der Waals surface area contributed by atoms with Crippen LogP contribution in [0, 0.1) is 0 Å². The standard InChI is InChI=1S/C10H17NO3/c12-10(13)9-4-2-1-3-5-11(9)8-6-14-7-8/h8-9H,1-7H2,(H,12,13). The Labute approximate surface area is 83.8 Å². The summed E-state index contributed by atoms with van der Waals surface area (Å²) in [7, 11) is 0. The number of rotatable bonds is 2. The zero-order valence-corrected chi connectivity index (χ0v) is 8.32. The Morgan fingerprint density at radius 1 is 1.29 bits per heavy atom. The molecule has 1 unspecified atom stereocenters. The normalized spacial score (nSPS) is 30.7. The van der Waals surface area contributed by atoms with Crippen LogP contribution < -0.4 is 0 Å². The summed E-state index contributed by atoms with van der Waals surface area (Å²) in [4.78, 5) is 13.2. The van der Waals surface area contributed by atoms with Crippen molar-refractivity contribution < 1.29 is 14.6 Å².